The minimum atomic E-state index is -4.75. The molecule has 2 aromatic carbocycles. The number of fused-ring (bicyclic) bond motifs is 7. The predicted molar refractivity (Wildman–Crippen MR) is 112 cm³/mol. The Labute approximate surface area is 191 Å². The third-order valence-electron chi connectivity index (χ3n) is 7.41. The summed E-state index contributed by atoms with van der Waals surface area (Å²) in [7, 11) is 0. The lowest BCUT2D eigenvalue weighted by molar-refractivity contribution is -0.137. The van der Waals surface area contributed by atoms with Crippen LogP contribution in [0.25, 0.3) is 0 Å². The van der Waals surface area contributed by atoms with Gasteiger partial charge in [0, 0.05) is 17.3 Å². The minimum Gasteiger partial charge on any atom is -0.324 e. The summed E-state index contributed by atoms with van der Waals surface area (Å²) in [5, 5.41) is 2.33. The van der Waals surface area contributed by atoms with Crippen LogP contribution in [0.3, 0.4) is 0 Å². The van der Waals surface area contributed by atoms with Gasteiger partial charge in [-0.15, -0.1) is 0 Å². The number of carbonyl (C=O) groups excluding carboxylic acids is 3. The van der Waals surface area contributed by atoms with E-state index in [1.807, 2.05) is 4.90 Å². The van der Waals surface area contributed by atoms with E-state index in [9.17, 15) is 27.6 Å². The quantitative estimate of drug-likeness (QED) is 0.637. The van der Waals surface area contributed by atoms with E-state index in [-0.39, 0.29) is 17.6 Å². The van der Waals surface area contributed by atoms with Crippen molar-refractivity contribution >= 4 is 40.7 Å². The van der Waals surface area contributed by atoms with Gasteiger partial charge in [-0.05, 0) is 43.7 Å². The van der Waals surface area contributed by atoms with E-state index in [1.54, 1.807) is 24.3 Å². The highest BCUT2D eigenvalue weighted by Crippen LogP contribution is 2.60. The minimum absolute atomic E-state index is 0.192. The molecule has 3 amide bonds. The van der Waals surface area contributed by atoms with E-state index in [0.717, 1.165) is 23.5 Å². The second-order valence-electron chi connectivity index (χ2n) is 8.85. The normalized spacial score (nSPS) is 30.7. The first-order valence-corrected chi connectivity index (χ1v) is 11.0. The Bertz CT molecular complexity index is 1250. The molecule has 2 aromatic rings. The van der Waals surface area contributed by atoms with Crippen molar-refractivity contribution in [3.8, 4) is 0 Å². The molecule has 0 aromatic heterocycles. The van der Waals surface area contributed by atoms with Crippen LogP contribution in [0.1, 0.15) is 24.0 Å². The predicted octanol–water partition coefficient (Wildman–Crippen LogP) is 3.79. The molecule has 6 rings (SSSR count). The van der Waals surface area contributed by atoms with Crippen molar-refractivity contribution < 1.29 is 27.6 Å². The maximum Gasteiger partial charge on any atom is 0.417 e. The Balaban J connectivity index is 1.52. The maximum atomic E-state index is 13.8. The van der Waals surface area contributed by atoms with Crippen LogP contribution in [0.4, 0.5) is 24.5 Å². The van der Waals surface area contributed by atoms with E-state index in [1.165, 1.54) is 6.07 Å². The number of nitrogens with zero attached hydrogens (tertiary/aromatic N) is 2. The molecule has 0 unspecified atom stereocenters. The van der Waals surface area contributed by atoms with Gasteiger partial charge in [0.15, 0.2) is 0 Å². The van der Waals surface area contributed by atoms with E-state index < -0.39 is 46.0 Å². The largest absolute Gasteiger partial charge is 0.417 e. The molecule has 4 heterocycles. The second kappa shape index (κ2) is 6.57. The summed E-state index contributed by atoms with van der Waals surface area (Å²) in [5.74, 6) is -3.46. The standard InChI is InChI=1S/C23H17ClF3N3O3/c24-14-8-7-11(10-13(14)23(25,26)27)30-19(31)17-16-6-3-9-29(16)22(18(17)20(30)32)12-4-1-2-5-15(12)28-21(22)33/h1-2,4-5,7-8,10,16-18H,3,6,9H2,(H,28,33)/t16-,17+,18-,22+/m0/s1. The summed E-state index contributed by atoms with van der Waals surface area (Å²) >= 11 is 5.73. The number of benzene rings is 2. The zero-order chi connectivity index (χ0) is 23.3. The van der Waals surface area contributed by atoms with E-state index in [4.69, 9.17) is 11.6 Å². The molecular formula is C23H17ClF3N3O3. The number of hydrogen-bond acceptors (Lipinski definition) is 4. The zero-order valence-corrected chi connectivity index (χ0v) is 17.8. The highest BCUT2D eigenvalue weighted by Gasteiger charge is 2.74. The third kappa shape index (κ3) is 2.46. The average molecular weight is 476 g/mol. The lowest BCUT2D eigenvalue weighted by atomic mass is 9.75. The fourth-order valence-corrected chi connectivity index (χ4v) is 6.51. The molecule has 1 spiro atoms. The molecule has 0 saturated carbocycles. The number of halogens is 4. The number of amides is 3. The highest BCUT2D eigenvalue weighted by atomic mass is 35.5. The molecule has 33 heavy (non-hydrogen) atoms. The summed E-state index contributed by atoms with van der Waals surface area (Å²) in [4.78, 5) is 43.6. The van der Waals surface area contributed by atoms with E-state index in [0.29, 0.717) is 24.2 Å². The Kier molecular flexibility index (Phi) is 4.12. The molecule has 3 saturated heterocycles. The molecule has 0 radical (unpaired) electrons. The van der Waals surface area contributed by atoms with Gasteiger partial charge in [-0.3, -0.25) is 19.3 Å². The number of hydrogen-bond donors (Lipinski definition) is 1. The number of carbonyl (C=O) groups is 3. The molecule has 10 heteroatoms. The summed E-state index contributed by atoms with van der Waals surface area (Å²) < 4.78 is 40.3. The summed E-state index contributed by atoms with van der Waals surface area (Å²) in [5.41, 5.74) is -1.46. The molecule has 0 aliphatic carbocycles. The smallest absolute Gasteiger partial charge is 0.324 e. The number of imide groups is 1. The molecular weight excluding hydrogens is 459 g/mol. The Morgan fingerprint density at radius 3 is 2.58 bits per heavy atom. The van der Waals surface area contributed by atoms with Crippen LogP contribution in [-0.4, -0.2) is 35.2 Å². The summed E-state index contributed by atoms with van der Waals surface area (Å²) in [6, 6.07) is 9.70. The van der Waals surface area contributed by atoms with Gasteiger partial charge in [-0.1, -0.05) is 29.8 Å². The van der Waals surface area contributed by atoms with Crippen LogP contribution in [-0.2, 0) is 26.1 Å². The second-order valence-corrected chi connectivity index (χ2v) is 9.25. The molecule has 6 nitrogen and oxygen atoms in total. The van der Waals surface area contributed by atoms with Crippen molar-refractivity contribution in [1.29, 1.82) is 0 Å². The van der Waals surface area contributed by atoms with Gasteiger partial charge in [0.25, 0.3) is 0 Å². The Morgan fingerprint density at radius 2 is 1.82 bits per heavy atom. The Hall–Kier alpha value is -2.91. The van der Waals surface area contributed by atoms with Crippen LogP contribution in [0.2, 0.25) is 5.02 Å². The monoisotopic (exact) mass is 475 g/mol. The van der Waals surface area contributed by atoms with Crippen molar-refractivity contribution in [3.63, 3.8) is 0 Å². The van der Waals surface area contributed by atoms with Crippen LogP contribution < -0.4 is 10.2 Å². The van der Waals surface area contributed by atoms with Gasteiger partial charge in [0.05, 0.1) is 28.1 Å². The van der Waals surface area contributed by atoms with Gasteiger partial charge < -0.3 is 5.32 Å². The Morgan fingerprint density at radius 1 is 1.06 bits per heavy atom. The topological polar surface area (TPSA) is 69.7 Å². The van der Waals surface area contributed by atoms with Gasteiger partial charge in [-0.25, -0.2) is 4.90 Å². The molecule has 4 atom stereocenters. The van der Waals surface area contributed by atoms with Crippen molar-refractivity contribution in [2.24, 2.45) is 11.8 Å². The van der Waals surface area contributed by atoms with Gasteiger partial charge in [-0.2, -0.15) is 13.2 Å². The highest BCUT2D eigenvalue weighted by molar-refractivity contribution is 6.32. The average Bonchev–Trinajstić information content (AvgIpc) is 3.46. The molecule has 1 N–H and O–H groups in total. The lowest BCUT2D eigenvalue weighted by Crippen LogP contribution is -2.54. The third-order valence-corrected chi connectivity index (χ3v) is 7.74. The van der Waals surface area contributed by atoms with Crippen molar-refractivity contribution in [2.45, 2.75) is 30.6 Å². The molecule has 0 bridgehead atoms. The first kappa shape index (κ1) is 20.7. The number of anilines is 2. The molecule has 3 fully saturated rings. The van der Waals surface area contributed by atoms with Gasteiger partial charge in [0.1, 0.15) is 5.54 Å². The van der Waals surface area contributed by atoms with Gasteiger partial charge >= 0.3 is 6.18 Å². The van der Waals surface area contributed by atoms with Gasteiger partial charge in [0.2, 0.25) is 17.7 Å². The summed E-state index contributed by atoms with van der Waals surface area (Å²) in [6.45, 7) is 0.555. The van der Waals surface area contributed by atoms with Crippen molar-refractivity contribution in [3.05, 3.63) is 58.6 Å². The number of rotatable bonds is 1. The zero-order valence-electron chi connectivity index (χ0n) is 17.0. The van der Waals surface area contributed by atoms with Crippen LogP contribution >= 0.6 is 11.6 Å². The number of alkyl halides is 3. The van der Waals surface area contributed by atoms with Crippen molar-refractivity contribution in [1.82, 2.24) is 4.90 Å². The number of nitrogens with one attached hydrogen (secondary N) is 1. The van der Waals surface area contributed by atoms with Crippen LogP contribution in [0.15, 0.2) is 42.5 Å². The number of para-hydroxylation sites is 1. The summed E-state index contributed by atoms with van der Waals surface area (Å²) in [6.07, 6.45) is -3.37. The fraction of sp³-hybridized carbons (Fsp3) is 0.348. The SMILES string of the molecule is O=C1[C@H]2[C@@H](C(=O)N1c1ccc(Cl)c(C(F)(F)F)c1)[C@]1(C(=O)Nc3ccccc31)N1CCC[C@@H]21. The van der Waals surface area contributed by atoms with E-state index in [2.05, 4.69) is 5.32 Å². The first-order chi connectivity index (χ1) is 15.7. The fourth-order valence-electron chi connectivity index (χ4n) is 6.28. The van der Waals surface area contributed by atoms with E-state index >= 15 is 0 Å². The maximum absolute atomic E-state index is 13.8. The van der Waals surface area contributed by atoms with Crippen LogP contribution in [0, 0.1) is 11.8 Å². The molecule has 4 aliphatic heterocycles. The van der Waals surface area contributed by atoms with Crippen LogP contribution in [0.5, 0.6) is 0 Å². The molecule has 4 aliphatic rings. The lowest BCUT2D eigenvalue weighted by Gasteiger charge is -2.36. The van der Waals surface area contributed by atoms with Crippen molar-refractivity contribution in [2.75, 3.05) is 16.8 Å². The first-order valence-electron chi connectivity index (χ1n) is 10.6. The molecule has 170 valence electrons.